The zero-order chi connectivity index (χ0) is 12.1. The minimum absolute atomic E-state index is 0.211. The molecule has 1 rings (SSSR count). The molecular formula is C10H12N2O4. The summed E-state index contributed by atoms with van der Waals surface area (Å²) in [4.78, 5) is 21.5. The van der Waals surface area contributed by atoms with Crippen molar-refractivity contribution >= 4 is 23.3 Å². The Morgan fingerprint density at radius 2 is 2.19 bits per heavy atom. The Balaban J connectivity index is 2.82. The van der Waals surface area contributed by atoms with E-state index in [2.05, 4.69) is 10.1 Å². The van der Waals surface area contributed by atoms with Gasteiger partial charge in [0, 0.05) is 11.4 Å². The summed E-state index contributed by atoms with van der Waals surface area (Å²) in [5, 5.41) is 11.1. The Kier molecular flexibility index (Phi) is 3.71. The van der Waals surface area contributed by atoms with Crippen molar-refractivity contribution in [2.75, 3.05) is 24.7 Å². The molecule has 0 atom stereocenters. The lowest BCUT2D eigenvalue weighted by molar-refractivity contribution is -0.134. The monoisotopic (exact) mass is 224 g/mol. The van der Waals surface area contributed by atoms with Crippen LogP contribution in [0.3, 0.4) is 0 Å². The standard InChI is InChI=1S/C10H12N2O4/c1-16-10(15)7-3-2-6(4-8(7)11)12-5-9(13)14/h2-4,12H,5,11H2,1H3,(H,13,14). The second-order valence-corrected chi connectivity index (χ2v) is 3.04. The predicted octanol–water partition coefficient (Wildman–Crippen LogP) is 0.552. The van der Waals surface area contributed by atoms with Crippen LogP contribution in [-0.4, -0.2) is 30.7 Å². The molecule has 0 aromatic heterocycles. The third kappa shape index (κ3) is 2.88. The molecule has 6 heteroatoms. The number of esters is 1. The Bertz CT molecular complexity index is 417. The number of methoxy groups -OCH3 is 1. The number of hydrogen-bond acceptors (Lipinski definition) is 5. The minimum Gasteiger partial charge on any atom is -0.480 e. The van der Waals surface area contributed by atoms with Crippen molar-refractivity contribution < 1.29 is 19.4 Å². The maximum Gasteiger partial charge on any atom is 0.339 e. The van der Waals surface area contributed by atoms with Crippen molar-refractivity contribution in [3.05, 3.63) is 23.8 Å². The molecule has 0 fully saturated rings. The number of carbonyl (C=O) groups is 2. The molecule has 0 saturated carbocycles. The van der Waals surface area contributed by atoms with E-state index >= 15 is 0 Å². The summed E-state index contributed by atoms with van der Waals surface area (Å²) in [6, 6.07) is 4.52. The van der Waals surface area contributed by atoms with Crippen LogP contribution in [0.5, 0.6) is 0 Å². The summed E-state index contributed by atoms with van der Waals surface area (Å²) < 4.78 is 4.52. The zero-order valence-corrected chi connectivity index (χ0v) is 8.69. The van der Waals surface area contributed by atoms with Gasteiger partial charge >= 0.3 is 11.9 Å². The summed E-state index contributed by atoms with van der Waals surface area (Å²) in [5.41, 5.74) is 6.64. The number of aliphatic carboxylic acids is 1. The van der Waals surface area contributed by atoms with Crippen molar-refractivity contribution in [3.63, 3.8) is 0 Å². The number of nitrogens with one attached hydrogen (secondary N) is 1. The number of carbonyl (C=O) groups excluding carboxylic acids is 1. The quantitative estimate of drug-likeness (QED) is 0.510. The molecule has 0 amide bonds. The van der Waals surface area contributed by atoms with Gasteiger partial charge in [0.05, 0.1) is 12.7 Å². The van der Waals surface area contributed by atoms with Crippen molar-refractivity contribution in [3.8, 4) is 0 Å². The molecular weight excluding hydrogens is 212 g/mol. The van der Waals surface area contributed by atoms with Gasteiger partial charge in [-0.1, -0.05) is 0 Å². The van der Waals surface area contributed by atoms with Gasteiger partial charge in [-0.25, -0.2) is 4.79 Å². The molecule has 16 heavy (non-hydrogen) atoms. The van der Waals surface area contributed by atoms with E-state index in [-0.39, 0.29) is 17.8 Å². The third-order valence-corrected chi connectivity index (χ3v) is 1.90. The molecule has 0 saturated heterocycles. The molecule has 6 nitrogen and oxygen atoms in total. The average molecular weight is 224 g/mol. The van der Waals surface area contributed by atoms with E-state index in [1.165, 1.54) is 19.2 Å². The van der Waals surface area contributed by atoms with E-state index in [0.717, 1.165) is 0 Å². The SMILES string of the molecule is COC(=O)c1ccc(NCC(=O)O)cc1N. The van der Waals surface area contributed by atoms with Gasteiger partial charge in [-0.2, -0.15) is 0 Å². The second kappa shape index (κ2) is 5.01. The van der Waals surface area contributed by atoms with Gasteiger partial charge in [0.25, 0.3) is 0 Å². The number of nitrogen functional groups attached to an aromatic ring is 1. The van der Waals surface area contributed by atoms with E-state index in [4.69, 9.17) is 10.8 Å². The molecule has 4 N–H and O–H groups in total. The van der Waals surface area contributed by atoms with Crippen molar-refractivity contribution in [2.45, 2.75) is 0 Å². The first kappa shape index (κ1) is 11.8. The van der Waals surface area contributed by atoms with Crippen LogP contribution in [0.2, 0.25) is 0 Å². The fourth-order valence-electron chi connectivity index (χ4n) is 1.15. The van der Waals surface area contributed by atoms with Gasteiger partial charge in [0.1, 0.15) is 6.54 Å². The van der Waals surface area contributed by atoms with Crippen LogP contribution in [0, 0.1) is 0 Å². The predicted molar refractivity (Wildman–Crippen MR) is 58.3 cm³/mol. The van der Waals surface area contributed by atoms with E-state index in [9.17, 15) is 9.59 Å². The van der Waals surface area contributed by atoms with Gasteiger partial charge in [0.15, 0.2) is 0 Å². The van der Waals surface area contributed by atoms with Crippen LogP contribution in [0.15, 0.2) is 18.2 Å². The van der Waals surface area contributed by atoms with E-state index < -0.39 is 11.9 Å². The number of carboxylic acids is 1. The maximum atomic E-state index is 11.2. The van der Waals surface area contributed by atoms with Gasteiger partial charge in [0.2, 0.25) is 0 Å². The van der Waals surface area contributed by atoms with Crippen molar-refractivity contribution in [1.29, 1.82) is 0 Å². The fourth-order valence-corrected chi connectivity index (χ4v) is 1.15. The van der Waals surface area contributed by atoms with E-state index in [0.29, 0.717) is 5.69 Å². The number of anilines is 2. The normalized spacial score (nSPS) is 9.56. The molecule has 0 heterocycles. The summed E-state index contributed by atoms with van der Waals surface area (Å²) >= 11 is 0. The summed E-state index contributed by atoms with van der Waals surface area (Å²) in [7, 11) is 1.26. The lowest BCUT2D eigenvalue weighted by Crippen LogP contribution is -2.13. The summed E-state index contributed by atoms with van der Waals surface area (Å²) in [5.74, 6) is -1.50. The highest BCUT2D eigenvalue weighted by Gasteiger charge is 2.10. The molecule has 0 radical (unpaired) electrons. The maximum absolute atomic E-state index is 11.2. The molecule has 1 aromatic carbocycles. The second-order valence-electron chi connectivity index (χ2n) is 3.04. The third-order valence-electron chi connectivity index (χ3n) is 1.90. The number of ether oxygens (including phenoxy) is 1. The van der Waals surface area contributed by atoms with Crippen LogP contribution in [-0.2, 0) is 9.53 Å². The Hall–Kier alpha value is -2.24. The zero-order valence-electron chi connectivity index (χ0n) is 8.69. The molecule has 86 valence electrons. The van der Waals surface area contributed by atoms with E-state index in [1.807, 2.05) is 0 Å². The van der Waals surface area contributed by atoms with Crippen LogP contribution < -0.4 is 11.1 Å². The van der Waals surface area contributed by atoms with Crippen LogP contribution in [0.25, 0.3) is 0 Å². The average Bonchev–Trinajstić information content (AvgIpc) is 2.25. The topological polar surface area (TPSA) is 102 Å². The van der Waals surface area contributed by atoms with Gasteiger partial charge in [-0.3, -0.25) is 4.79 Å². The van der Waals surface area contributed by atoms with E-state index in [1.54, 1.807) is 6.07 Å². The summed E-state index contributed by atoms with van der Waals surface area (Å²) in [6.45, 7) is -0.211. The van der Waals surface area contributed by atoms with Crippen LogP contribution in [0.4, 0.5) is 11.4 Å². The first-order valence-corrected chi connectivity index (χ1v) is 4.48. The highest BCUT2D eigenvalue weighted by atomic mass is 16.5. The smallest absolute Gasteiger partial charge is 0.339 e. The largest absolute Gasteiger partial charge is 0.480 e. The Morgan fingerprint density at radius 1 is 1.50 bits per heavy atom. The molecule has 0 bridgehead atoms. The molecule has 1 aromatic rings. The molecule has 0 aliphatic heterocycles. The molecule has 0 unspecified atom stereocenters. The highest BCUT2D eigenvalue weighted by molar-refractivity contribution is 5.95. The number of rotatable bonds is 4. The lowest BCUT2D eigenvalue weighted by atomic mass is 10.1. The van der Waals surface area contributed by atoms with Crippen LogP contribution in [0.1, 0.15) is 10.4 Å². The van der Waals surface area contributed by atoms with Crippen LogP contribution >= 0.6 is 0 Å². The van der Waals surface area contributed by atoms with Crippen molar-refractivity contribution in [2.24, 2.45) is 0 Å². The van der Waals surface area contributed by atoms with Gasteiger partial charge in [-0.05, 0) is 18.2 Å². The number of benzene rings is 1. The minimum atomic E-state index is -0.976. The van der Waals surface area contributed by atoms with Gasteiger partial charge < -0.3 is 20.9 Å². The Morgan fingerprint density at radius 3 is 2.69 bits per heavy atom. The number of hydrogen-bond donors (Lipinski definition) is 3. The number of nitrogens with two attached hydrogens (primary N) is 1. The molecule has 0 spiro atoms. The highest BCUT2D eigenvalue weighted by Crippen LogP contribution is 2.18. The number of carboxylic acid groups (broad SMARTS) is 1. The molecule has 0 aliphatic carbocycles. The summed E-state index contributed by atoms with van der Waals surface area (Å²) in [6.07, 6.45) is 0. The lowest BCUT2D eigenvalue weighted by Gasteiger charge is -2.07. The van der Waals surface area contributed by atoms with Crippen molar-refractivity contribution in [1.82, 2.24) is 0 Å². The molecule has 0 aliphatic rings. The first-order chi connectivity index (χ1) is 7.54. The Labute approximate surface area is 92.0 Å². The fraction of sp³-hybridized carbons (Fsp3) is 0.200. The first-order valence-electron chi connectivity index (χ1n) is 4.48. The van der Waals surface area contributed by atoms with Gasteiger partial charge in [-0.15, -0.1) is 0 Å².